The van der Waals surface area contributed by atoms with E-state index in [9.17, 15) is 18.0 Å². The van der Waals surface area contributed by atoms with E-state index in [4.69, 9.17) is 22.1 Å². The van der Waals surface area contributed by atoms with E-state index < -0.39 is 17.6 Å². The van der Waals surface area contributed by atoms with Crippen molar-refractivity contribution in [3.63, 3.8) is 0 Å². The van der Waals surface area contributed by atoms with Gasteiger partial charge in [-0.3, -0.25) is 9.78 Å². The highest BCUT2D eigenvalue weighted by Crippen LogP contribution is 2.33. The van der Waals surface area contributed by atoms with E-state index in [0.29, 0.717) is 35.8 Å². The summed E-state index contributed by atoms with van der Waals surface area (Å²) in [6.45, 7) is 2.71. The van der Waals surface area contributed by atoms with Crippen LogP contribution in [-0.4, -0.2) is 32.3 Å². The zero-order valence-electron chi connectivity index (χ0n) is 16.3. The Morgan fingerprint density at radius 2 is 2.00 bits per heavy atom. The summed E-state index contributed by atoms with van der Waals surface area (Å²) in [7, 11) is 0. The topological polar surface area (TPSA) is 94.2 Å². The predicted octanol–water partition coefficient (Wildman–Crippen LogP) is 3.97. The molecule has 0 spiro atoms. The number of halogens is 4. The van der Waals surface area contributed by atoms with E-state index in [1.165, 1.54) is 11.0 Å². The lowest BCUT2D eigenvalue weighted by atomic mass is 10.1. The molecule has 4 heterocycles. The number of nitrogens with two attached hydrogens (primary N) is 1. The standard InChI is InChI=1S/C20H17ClF3N5O2/c1-2-29(7-11-4-3-10(6-26-11)20(22,23)24)19(30)13-5-12-14-8-31-9-15(14)17(25)28-18(12)27-16(13)21/h3-6H,2,7-9H2,1H3,(H2,25,27,28). The van der Waals surface area contributed by atoms with Crippen molar-refractivity contribution in [1.29, 1.82) is 0 Å². The number of carbonyl (C=O) groups excluding carboxylic acids is 1. The Bertz CT molecular complexity index is 1170. The van der Waals surface area contributed by atoms with Gasteiger partial charge in [0.2, 0.25) is 0 Å². The molecule has 162 valence electrons. The van der Waals surface area contributed by atoms with Gasteiger partial charge in [0.1, 0.15) is 11.0 Å². The second-order valence-electron chi connectivity index (χ2n) is 7.00. The molecule has 31 heavy (non-hydrogen) atoms. The molecule has 0 atom stereocenters. The SMILES string of the molecule is CCN(Cc1ccc(C(F)(F)F)cn1)C(=O)c1cc2c3c(c(N)nc2nc1Cl)COC3. The first-order chi connectivity index (χ1) is 14.7. The molecular formula is C20H17ClF3N5O2. The number of alkyl halides is 3. The Labute approximate surface area is 180 Å². The van der Waals surface area contributed by atoms with Crippen LogP contribution in [-0.2, 0) is 30.7 Å². The predicted molar refractivity (Wildman–Crippen MR) is 107 cm³/mol. The maximum Gasteiger partial charge on any atom is 0.417 e. The zero-order valence-corrected chi connectivity index (χ0v) is 17.1. The lowest BCUT2D eigenvalue weighted by Crippen LogP contribution is -2.31. The lowest BCUT2D eigenvalue weighted by Gasteiger charge is -2.21. The van der Waals surface area contributed by atoms with Crippen LogP contribution in [0.1, 0.15) is 39.7 Å². The van der Waals surface area contributed by atoms with Crippen LogP contribution < -0.4 is 5.73 Å². The van der Waals surface area contributed by atoms with E-state index in [-0.39, 0.29) is 23.8 Å². The summed E-state index contributed by atoms with van der Waals surface area (Å²) in [6.07, 6.45) is -3.73. The molecule has 0 aromatic carbocycles. The minimum absolute atomic E-state index is 0.0169. The summed E-state index contributed by atoms with van der Waals surface area (Å²) in [4.78, 5) is 26.9. The maximum atomic E-state index is 13.2. The smallest absolute Gasteiger partial charge is 0.383 e. The second-order valence-corrected chi connectivity index (χ2v) is 7.36. The first kappa shape index (κ1) is 21.3. The molecule has 0 bridgehead atoms. The Morgan fingerprint density at radius 1 is 1.26 bits per heavy atom. The Hall–Kier alpha value is -2.98. The van der Waals surface area contributed by atoms with Crippen molar-refractivity contribution >= 4 is 34.4 Å². The van der Waals surface area contributed by atoms with Gasteiger partial charge in [0.05, 0.1) is 36.6 Å². The fraction of sp³-hybridized carbons (Fsp3) is 0.300. The number of rotatable bonds is 4. The monoisotopic (exact) mass is 451 g/mol. The summed E-state index contributed by atoms with van der Waals surface area (Å²) in [6, 6.07) is 3.79. The molecule has 0 saturated carbocycles. The molecule has 1 aliphatic heterocycles. The summed E-state index contributed by atoms with van der Waals surface area (Å²) >= 11 is 6.27. The van der Waals surface area contributed by atoms with Gasteiger partial charge < -0.3 is 15.4 Å². The van der Waals surface area contributed by atoms with Crippen molar-refractivity contribution in [3.05, 3.63) is 57.5 Å². The minimum atomic E-state index is -4.47. The van der Waals surface area contributed by atoms with Crippen molar-refractivity contribution in [2.45, 2.75) is 32.9 Å². The first-order valence-electron chi connectivity index (χ1n) is 9.35. The van der Waals surface area contributed by atoms with Gasteiger partial charge >= 0.3 is 6.18 Å². The first-order valence-corrected chi connectivity index (χ1v) is 9.73. The molecule has 0 fully saturated rings. The van der Waals surface area contributed by atoms with Crippen LogP contribution in [0.25, 0.3) is 11.0 Å². The fourth-order valence-corrected chi connectivity index (χ4v) is 3.61. The van der Waals surface area contributed by atoms with Crippen LogP contribution in [0, 0.1) is 0 Å². The number of nitrogen functional groups attached to an aromatic ring is 1. The number of hydrogen-bond donors (Lipinski definition) is 1. The summed E-state index contributed by atoms with van der Waals surface area (Å²) < 4.78 is 43.7. The van der Waals surface area contributed by atoms with E-state index in [1.54, 1.807) is 13.0 Å². The molecule has 3 aromatic heterocycles. The van der Waals surface area contributed by atoms with Crippen LogP contribution in [0.4, 0.5) is 19.0 Å². The van der Waals surface area contributed by atoms with Crippen LogP contribution in [0.2, 0.25) is 5.15 Å². The Morgan fingerprint density at radius 3 is 2.65 bits per heavy atom. The second kappa shape index (κ2) is 7.93. The van der Waals surface area contributed by atoms with Crippen LogP contribution in [0.3, 0.4) is 0 Å². The highest BCUT2D eigenvalue weighted by atomic mass is 35.5. The van der Waals surface area contributed by atoms with Gasteiger partial charge in [0, 0.05) is 23.7 Å². The minimum Gasteiger partial charge on any atom is -0.383 e. The Kier molecular flexibility index (Phi) is 5.44. The third kappa shape index (κ3) is 4.00. The van der Waals surface area contributed by atoms with Gasteiger partial charge in [0.25, 0.3) is 5.91 Å². The van der Waals surface area contributed by atoms with Crippen molar-refractivity contribution in [1.82, 2.24) is 19.9 Å². The van der Waals surface area contributed by atoms with E-state index in [1.807, 2.05) is 0 Å². The van der Waals surface area contributed by atoms with Crippen LogP contribution in [0.15, 0.2) is 24.4 Å². The third-order valence-corrected chi connectivity index (χ3v) is 5.37. The molecule has 0 aliphatic carbocycles. The molecule has 7 nitrogen and oxygen atoms in total. The number of carbonyl (C=O) groups is 1. The largest absolute Gasteiger partial charge is 0.417 e. The third-order valence-electron chi connectivity index (χ3n) is 5.08. The van der Waals surface area contributed by atoms with Crippen molar-refractivity contribution in [2.24, 2.45) is 0 Å². The van der Waals surface area contributed by atoms with Gasteiger partial charge in [-0.2, -0.15) is 13.2 Å². The van der Waals surface area contributed by atoms with Gasteiger partial charge in [0.15, 0.2) is 5.65 Å². The van der Waals surface area contributed by atoms with Gasteiger partial charge in [-0.1, -0.05) is 11.6 Å². The van der Waals surface area contributed by atoms with E-state index >= 15 is 0 Å². The van der Waals surface area contributed by atoms with Crippen LogP contribution >= 0.6 is 11.6 Å². The highest BCUT2D eigenvalue weighted by Gasteiger charge is 2.31. The highest BCUT2D eigenvalue weighted by molar-refractivity contribution is 6.33. The number of nitrogens with zero attached hydrogens (tertiary/aromatic N) is 4. The van der Waals surface area contributed by atoms with E-state index in [0.717, 1.165) is 23.4 Å². The zero-order chi connectivity index (χ0) is 22.3. The van der Waals surface area contributed by atoms with Crippen molar-refractivity contribution in [2.75, 3.05) is 12.3 Å². The van der Waals surface area contributed by atoms with Crippen molar-refractivity contribution in [3.8, 4) is 0 Å². The molecular weight excluding hydrogens is 435 g/mol. The molecule has 4 rings (SSSR count). The van der Waals surface area contributed by atoms with Gasteiger partial charge in [-0.15, -0.1) is 0 Å². The summed E-state index contributed by atoms with van der Waals surface area (Å²) in [5.41, 5.74) is 7.46. The van der Waals surface area contributed by atoms with Crippen molar-refractivity contribution < 1.29 is 22.7 Å². The summed E-state index contributed by atoms with van der Waals surface area (Å²) in [5.74, 6) is -0.112. The van der Waals surface area contributed by atoms with Crippen LogP contribution in [0.5, 0.6) is 0 Å². The number of fused-ring (bicyclic) bond motifs is 3. The number of anilines is 1. The molecule has 0 radical (unpaired) electrons. The Balaban J connectivity index is 1.65. The molecule has 1 amide bonds. The molecule has 3 aromatic rings. The number of amides is 1. The number of hydrogen-bond acceptors (Lipinski definition) is 6. The number of aromatic nitrogens is 3. The summed E-state index contributed by atoms with van der Waals surface area (Å²) in [5, 5.41) is 0.584. The molecule has 1 aliphatic rings. The fourth-order valence-electron chi connectivity index (χ4n) is 3.40. The molecule has 0 unspecified atom stereocenters. The quantitative estimate of drug-likeness (QED) is 0.603. The maximum absolute atomic E-state index is 13.2. The van der Waals surface area contributed by atoms with Gasteiger partial charge in [-0.05, 0) is 30.7 Å². The average molecular weight is 452 g/mol. The number of pyridine rings is 3. The molecule has 2 N–H and O–H groups in total. The lowest BCUT2D eigenvalue weighted by molar-refractivity contribution is -0.137. The van der Waals surface area contributed by atoms with Gasteiger partial charge in [-0.25, -0.2) is 9.97 Å². The average Bonchev–Trinajstić information content (AvgIpc) is 3.22. The number of ether oxygens (including phenoxy) is 1. The van der Waals surface area contributed by atoms with E-state index in [2.05, 4.69) is 15.0 Å². The molecule has 0 saturated heterocycles. The normalized spacial score (nSPS) is 13.5. The molecule has 11 heteroatoms.